The highest BCUT2D eigenvalue weighted by Gasteiger charge is 1.84. The molecule has 1 aromatic heterocycles. The first-order chi connectivity index (χ1) is 5.34. The van der Waals surface area contributed by atoms with Crippen LogP contribution in [0.3, 0.4) is 0 Å². The van der Waals surface area contributed by atoms with E-state index in [1.54, 1.807) is 18.4 Å². The van der Waals surface area contributed by atoms with Crippen molar-refractivity contribution in [1.82, 2.24) is 9.55 Å². The Morgan fingerprint density at radius 1 is 1.64 bits per heavy atom. The van der Waals surface area contributed by atoms with E-state index in [-0.39, 0.29) is 5.56 Å². The maximum atomic E-state index is 11.0. The molecule has 0 saturated carbocycles. The first-order valence-electron chi connectivity index (χ1n) is 3.16. The molecule has 0 aliphatic carbocycles. The van der Waals surface area contributed by atoms with Gasteiger partial charge in [0.25, 0.3) is 5.56 Å². The molecule has 0 atom stereocenters. The molecule has 0 unspecified atom stereocenters. The number of aromatic nitrogens is 2. The van der Waals surface area contributed by atoms with Crippen LogP contribution in [-0.2, 0) is 0 Å². The summed E-state index contributed by atoms with van der Waals surface area (Å²) in [5.74, 6) is 0. The summed E-state index contributed by atoms with van der Waals surface area (Å²) in [7, 11) is 0. The van der Waals surface area contributed by atoms with E-state index in [1.807, 2.05) is 0 Å². The van der Waals surface area contributed by atoms with Crippen molar-refractivity contribution in [2.45, 2.75) is 0 Å². The van der Waals surface area contributed by atoms with Gasteiger partial charge >= 0.3 is 0 Å². The van der Waals surface area contributed by atoms with E-state index in [9.17, 15) is 4.79 Å². The molecule has 0 bridgehead atoms. The van der Waals surface area contributed by atoms with E-state index in [0.717, 1.165) is 0 Å². The maximum Gasteiger partial charge on any atom is 0.257 e. The molecule has 0 aromatic carbocycles. The average molecular weight is 148 g/mol. The first kappa shape index (κ1) is 7.47. The summed E-state index contributed by atoms with van der Waals surface area (Å²) in [6, 6.07) is 1.40. The molecule has 0 N–H and O–H groups in total. The Morgan fingerprint density at radius 2 is 2.45 bits per heavy atom. The highest BCUT2D eigenvalue weighted by atomic mass is 16.1. The molecule has 11 heavy (non-hydrogen) atoms. The van der Waals surface area contributed by atoms with Crippen LogP contribution in [0.25, 0.3) is 6.20 Å². The maximum absolute atomic E-state index is 11.0. The van der Waals surface area contributed by atoms with E-state index >= 15 is 0 Å². The minimum absolute atomic E-state index is 0.0990. The second kappa shape index (κ2) is 3.51. The van der Waals surface area contributed by atoms with Crippen LogP contribution in [0, 0.1) is 0 Å². The number of nitrogens with zero attached hydrogens (tertiary/aromatic N) is 2. The lowest BCUT2D eigenvalue weighted by molar-refractivity contribution is 0.988. The van der Waals surface area contributed by atoms with Crippen LogP contribution in [0.1, 0.15) is 0 Å². The number of hydrogen-bond acceptors (Lipinski definition) is 2. The third-order valence-corrected chi connectivity index (χ3v) is 1.13. The van der Waals surface area contributed by atoms with Crippen molar-refractivity contribution in [1.29, 1.82) is 0 Å². The molecule has 0 radical (unpaired) electrons. The summed E-state index contributed by atoms with van der Waals surface area (Å²) < 4.78 is 1.38. The molecular weight excluding hydrogens is 140 g/mol. The molecule has 3 nitrogen and oxygen atoms in total. The summed E-state index contributed by atoms with van der Waals surface area (Å²) in [5, 5.41) is 0. The molecule has 1 heterocycles. The Morgan fingerprint density at radius 3 is 3.09 bits per heavy atom. The number of allylic oxidation sites excluding steroid dienone is 2. The molecule has 0 spiro atoms. The highest BCUT2D eigenvalue weighted by Crippen LogP contribution is 1.79. The zero-order chi connectivity index (χ0) is 8.10. The Balaban J connectivity index is 3.04. The third kappa shape index (κ3) is 1.89. The number of hydrogen-bond donors (Lipinski definition) is 0. The van der Waals surface area contributed by atoms with Gasteiger partial charge in [0.1, 0.15) is 6.33 Å². The summed E-state index contributed by atoms with van der Waals surface area (Å²) in [5.41, 5.74) is -0.0990. The highest BCUT2D eigenvalue weighted by molar-refractivity contribution is 5.25. The second-order valence-electron chi connectivity index (χ2n) is 1.90. The van der Waals surface area contributed by atoms with Gasteiger partial charge in [-0.1, -0.05) is 12.7 Å². The smallest absolute Gasteiger partial charge is 0.257 e. The van der Waals surface area contributed by atoms with Crippen LogP contribution in [0.15, 0.2) is 42.1 Å². The van der Waals surface area contributed by atoms with Crippen molar-refractivity contribution in [3.05, 3.63) is 47.7 Å². The van der Waals surface area contributed by atoms with Crippen LogP contribution in [-0.4, -0.2) is 9.55 Å². The zero-order valence-electron chi connectivity index (χ0n) is 5.97. The summed E-state index contributed by atoms with van der Waals surface area (Å²) >= 11 is 0. The van der Waals surface area contributed by atoms with Crippen LogP contribution >= 0.6 is 0 Å². The molecule has 1 rings (SSSR count). The lowest BCUT2D eigenvalue weighted by Gasteiger charge is -1.92. The standard InChI is InChI=1S/C8H8N2O/c1-2-3-6-10-7-9-5-4-8(10)11/h2-7H,1H2. The van der Waals surface area contributed by atoms with Crippen LogP contribution < -0.4 is 5.56 Å². The van der Waals surface area contributed by atoms with E-state index in [4.69, 9.17) is 0 Å². The topological polar surface area (TPSA) is 34.9 Å². The lowest BCUT2D eigenvalue weighted by atomic mass is 10.5. The van der Waals surface area contributed by atoms with Gasteiger partial charge in [0.2, 0.25) is 0 Å². The van der Waals surface area contributed by atoms with E-state index in [0.29, 0.717) is 0 Å². The van der Waals surface area contributed by atoms with Crippen molar-refractivity contribution >= 4 is 6.20 Å². The van der Waals surface area contributed by atoms with Crippen molar-refractivity contribution in [2.24, 2.45) is 0 Å². The van der Waals surface area contributed by atoms with Gasteiger partial charge in [-0.05, 0) is 6.08 Å². The minimum atomic E-state index is -0.0990. The average Bonchev–Trinajstić information content (AvgIpc) is 2.03. The lowest BCUT2D eigenvalue weighted by Crippen LogP contribution is -2.12. The zero-order valence-corrected chi connectivity index (χ0v) is 5.97. The molecule has 0 fully saturated rings. The van der Waals surface area contributed by atoms with E-state index < -0.39 is 0 Å². The van der Waals surface area contributed by atoms with Crippen molar-refractivity contribution in [3.8, 4) is 0 Å². The van der Waals surface area contributed by atoms with Gasteiger partial charge in [0.05, 0.1) is 0 Å². The molecule has 0 amide bonds. The predicted molar refractivity (Wildman–Crippen MR) is 44.0 cm³/mol. The van der Waals surface area contributed by atoms with Gasteiger partial charge in [-0.3, -0.25) is 9.36 Å². The van der Waals surface area contributed by atoms with Crippen LogP contribution in [0.2, 0.25) is 0 Å². The van der Waals surface area contributed by atoms with Crippen molar-refractivity contribution in [2.75, 3.05) is 0 Å². The molecular formula is C8H8N2O. The van der Waals surface area contributed by atoms with Gasteiger partial charge in [-0.2, -0.15) is 0 Å². The molecule has 56 valence electrons. The van der Waals surface area contributed by atoms with Gasteiger partial charge in [-0.25, -0.2) is 4.98 Å². The minimum Gasteiger partial charge on any atom is -0.274 e. The molecule has 0 aliphatic rings. The predicted octanol–water partition coefficient (Wildman–Crippen LogP) is 0.900. The van der Waals surface area contributed by atoms with Gasteiger partial charge in [0.15, 0.2) is 0 Å². The Hall–Kier alpha value is -1.64. The van der Waals surface area contributed by atoms with Gasteiger partial charge in [0, 0.05) is 18.5 Å². The second-order valence-corrected chi connectivity index (χ2v) is 1.90. The first-order valence-corrected chi connectivity index (χ1v) is 3.16. The Kier molecular flexibility index (Phi) is 2.38. The fourth-order valence-electron chi connectivity index (χ4n) is 0.626. The van der Waals surface area contributed by atoms with E-state index in [1.165, 1.54) is 23.2 Å². The SMILES string of the molecule is C=CC=Cn1cnccc1=O. The third-order valence-electron chi connectivity index (χ3n) is 1.13. The number of rotatable bonds is 2. The fourth-order valence-corrected chi connectivity index (χ4v) is 0.626. The van der Waals surface area contributed by atoms with Gasteiger partial charge in [-0.15, -0.1) is 0 Å². The summed E-state index contributed by atoms with van der Waals surface area (Å²) in [6.07, 6.45) is 7.77. The molecule has 0 aliphatic heterocycles. The van der Waals surface area contributed by atoms with E-state index in [2.05, 4.69) is 11.6 Å². The largest absolute Gasteiger partial charge is 0.274 e. The molecule has 0 saturated heterocycles. The Bertz CT molecular complexity index is 325. The quantitative estimate of drug-likeness (QED) is 0.584. The van der Waals surface area contributed by atoms with Crippen molar-refractivity contribution in [3.63, 3.8) is 0 Å². The molecule has 1 aromatic rings. The van der Waals surface area contributed by atoms with Gasteiger partial charge < -0.3 is 0 Å². The van der Waals surface area contributed by atoms with Crippen molar-refractivity contribution < 1.29 is 0 Å². The van der Waals surface area contributed by atoms with Crippen LogP contribution in [0.4, 0.5) is 0 Å². The normalized spacial score (nSPS) is 10.2. The molecule has 3 heteroatoms. The fraction of sp³-hybridized carbons (Fsp3) is 0. The summed E-state index contributed by atoms with van der Waals surface area (Å²) in [6.45, 7) is 3.48. The Labute approximate surface area is 64.3 Å². The summed E-state index contributed by atoms with van der Waals surface area (Å²) in [4.78, 5) is 14.7. The van der Waals surface area contributed by atoms with Crippen LogP contribution in [0.5, 0.6) is 0 Å². The monoisotopic (exact) mass is 148 g/mol.